The van der Waals surface area contributed by atoms with Crippen molar-refractivity contribution in [1.82, 2.24) is 0 Å². The Labute approximate surface area is 80.6 Å². The standard InChI is InChI=1S/C9H13.W.2H/c1-3-8-6-5-7-9(8)4-2;;;/h6H,3-5H2,1-2H3;;;/q-1;;2*-1. The monoisotopic (exact) mass is 307 g/mol. The summed E-state index contributed by atoms with van der Waals surface area (Å²) in [4.78, 5) is 0. The van der Waals surface area contributed by atoms with Crippen molar-refractivity contribution < 1.29 is 23.9 Å². The van der Waals surface area contributed by atoms with Crippen molar-refractivity contribution in [2.75, 3.05) is 0 Å². The number of rotatable bonds is 2. The molecule has 0 radical (unpaired) electrons. The summed E-state index contributed by atoms with van der Waals surface area (Å²) >= 11 is 0. The molecule has 0 saturated carbocycles. The maximum absolute atomic E-state index is 3.33. The fourth-order valence-electron chi connectivity index (χ4n) is 1.24. The van der Waals surface area contributed by atoms with Crippen molar-refractivity contribution in [3.8, 4) is 0 Å². The van der Waals surface area contributed by atoms with E-state index in [4.69, 9.17) is 0 Å². The third kappa shape index (κ3) is 2.09. The van der Waals surface area contributed by atoms with Crippen LogP contribution in [0.25, 0.3) is 0 Å². The molecule has 0 aromatic rings. The second-order valence-electron chi connectivity index (χ2n) is 2.30. The minimum atomic E-state index is 0. The van der Waals surface area contributed by atoms with Gasteiger partial charge in [0.05, 0.1) is 0 Å². The third-order valence-electron chi connectivity index (χ3n) is 1.79. The van der Waals surface area contributed by atoms with Crippen molar-refractivity contribution in [2.24, 2.45) is 0 Å². The van der Waals surface area contributed by atoms with E-state index in [-0.39, 0.29) is 23.9 Å². The van der Waals surface area contributed by atoms with Gasteiger partial charge in [-0.3, -0.25) is 6.08 Å². The van der Waals surface area contributed by atoms with E-state index < -0.39 is 0 Å². The number of allylic oxidation sites excluding steroid dienone is 4. The van der Waals surface area contributed by atoms with Gasteiger partial charge in [0, 0.05) is 21.1 Å². The van der Waals surface area contributed by atoms with Crippen molar-refractivity contribution >= 4 is 0 Å². The van der Waals surface area contributed by atoms with Gasteiger partial charge < -0.3 is 2.85 Å². The van der Waals surface area contributed by atoms with E-state index in [1.54, 1.807) is 0 Å². The molecule has 0 saturated heterocycles. The largest absolute Gasteiger partial charge is 1.00 e. The van der Waals surface area contributed by atoms with Crippen LogP contribution in [-0.2, 0) is 21.1 Å². The Hall–Kier alpha value is 0.168. The second kappa shape index (κ2) is 4.90. The normalized spacial score (nSPS) is 15.8. The van der Waals surface area contributed by atoms with Crippen LogP contribution in [-0.4, -0.2) is 0 Å². The molecule has 0 aromatic carbocycles. The van der Waals surface area contributed by atoms with Gasteiger partial charge in [0.2, 0.25) is 0 Å². The Morgan fingerprint density at radius 3 is 2.60 bits per heavy atom. The zero-order valence-electron chi connectivity index (χ0n) is 8.61. The first kappa shape index (κ1) is 10.2. The van der Waals surface area contributed by atoms with Crippen LogP contribution in [0.15, 0.2) is 17.2 Å². The van der Waals surface area contributed by atoms with Crippen molar-refractivity contribution in [2.45, 2.75) is 33.1 Å². The SMILES string of the molecule is CCC1=[C-]CC=C1CC.[H-].[H-].[W]. The van der Waals surface area contributed by atoms with Crippen LogP contribution in [0.2, 0.25) is 0 Å². The predicted octanol–water partition coefficient (Wildman–Crippen LogP) is 3.09. The molecule has 1 rings (SSSR count). The zero-order valence-corrected chi connectivity index (χ0v) is 9.54. The zero-order chi connectivity index (χ0) is 6.69. The average Bonchev–Trinajstić information content (AvgIpc) is 2.33. The van der Waals surface area contributed by atoms with E-state index in [9.17, 15) is 0 Å². The molecule has 1 aliphatic carbocycles. The summed E-state index contributed by atoms with van der Waals surface area (Å²) in [6, 6.07) is 0. The summed E-state index contributed by atoms with van der Waals surface area (Å²) in [5.74, 6) is 0. The number of hydrogen-bond donors (Lipinski definition) is 0. The van der Waals surface area contributed by atoms with Gasteiger partial charge in [-0.2, -0.15) is 11.6 Å². The van der Waals surface area contributed by atoms with Crippen molar-refractivity contribution in [3.63, 3.8) is 0 Å². The molecule has 0 nitrogen and oxygen atoms in total. The van der Waals surface area contributed by atoms with Gasteiger partial charge >= 0.3 is 0 Å². The summed E-state index contributed by atoms with van der Waals surface area (Å²) in [5.41, 5.74) is 2.95. The summed E-state index contributed by atoms with van der Waals surface area (Å²) < 4.78 is 0. The summed E-state index contributed by atoms with van der Waals surface area (Å²) in [6.45, 7) is 4.39. The smallest absolute Gasteiger partial charge is 0 e. The topological polar surface area (TPSA) is 0 Å². The van der Waals surface area contributed by atoms with Crippen LogP contribution in [0.3, 0.4) is 0 Å². The maximum atomic E-state index is 3.33. The van der Waals surface area contributed by atoms with E-state index in [0.717, 1.165) is 12.8 Å². The molecular weight excluding hydrogens is 292 g/mol. The van der Waals surface area contributed by atoms with Crippen molar-refractivity contribution in [1.29, 1.82) is 0 Å². The molecule has 0 atom stereocenters. The fourth-order valence-corrected chi connectivity index (χ4v) is 1.24. The summed E-state index contributed by atoms with van der Waals surface area (Å²) in [6.07, 6.45) is 8.99. The average molecular weight is 307 g/mol. The van der Waals surface area contributed by atoms with Crippen LogP contribution in [0.4, 0.5) is 0 Å². The Morgan fingerprint density at radius 2 is 2.20 bits per heavy atom. The molecule has 0 aromatic heterocycles. The van der Waals surface area contributed by atoms with E-state index in [2.05, 4.69) is 26.0 Å². The first-order valence-electron chi connectivity index (χ1n) is 3.67. The summed E-state index contributed by atoms with van der Waals surface area (Å²) in [7, 11) is 0. The van der Waals surface area contributed by atoms with Gasteiger partial charge in [-0.05, 0) is 0 Å². The minimum absolute atomic E-state index is 0. The van der Waals surface area contributed by atoms with E-state index in [1.165, 1.54) is 17.6 Å². The van der Waals surface area contributed by atoms with Gasteiger partial charge in [-0.25, -0.2) is 5.57 Å². The molecule has 1 aliphatic rings. The van der Waals surface area contributed by atoms with Gasteiger partial charge in [0.25, 0.3) is 0 Å². The molecule has 0 unspecified atom stereocenters. The van der Waals surface area contributed by atoms with Crippen LogP contribution >= 0.6 is 0 Å². The van der Waals surface area contributed by atoms with Gasteiger partial charge in [-0.15, -0.1) is 6.42 Å². The molecule has 0 amide bonds. The maximum Gasteiger partial charge on any atom is 0 e. The van der Waals surface area contributed by atoms with Crippen molar-refractivity contribution in [3.05, 3.63) is 23.3 Å². The van der Waals surface area contributed by atoms with Crippen LogP contribution in [0.5, 0.6) is 0 Å². The van der Waals surface area contributed by atoms with Gasteiger partial charge in [-0.1, -0.05) is 26.7 Å². The first-order chi connectivity index (χ1) is 4.38. The first-order valence-corrected chi connectivity index (χ1v) is 3.67. The number of hydrogen-bond acceptors (Lipinski definition) is 0. The second-order valence-corrected chi connectivity index (χ2v) is 2.30. The fraction of sp³-hybridized carbons (Fsp3) is 0.556. The molecule has 0 N–H and O–H groups in total. The van der Waals surface area contributed by atoms with E-state index in [0.29, 0.717) is 0 Å². The van der Waals surface area contributed by atoms with Crippen LogP contribution in [0, 0.1) is 6.08 Å². The molecule has 0 heterocycles. The molecular formula is C9H15W-3. The Morgan fingerprint density at radius 1 is 1.50 bits per heavy atom. The van der Waals surface area contributed by atoms with Gasteiger partial charge in [0.1, 0.15) is 0 Å². The molecule has 10 heavy (non-hydrogen) atoms. The quantitative estimate of drug-likeness (QED) is 0.688. The molecule has 60 valence electrons. The Bertz CT molecular complexity index is 144. The van der Waals surface area contributed by atoms with Crippen LogP contribution < -0.4 is 0 Å². The Kier molecular flexibility index (Phi) is 4.99. The molecule has 0 fully saturated rings. The molecule has 0 bridgehead atoms. The van der Waals surface area contributed by atoms with Gasteiger partial charge in [0.15, 0.2) is 0 Å². The third-order valence-corrected chi connectivity index (χ3v) is 1.79. The Balaban J connectivity index is -0.000000270. The van der Waals surface area contributed by atoms with E-state index >= 15 is 0 Å². The molecule has 0 aliphatic heterocycles. The molecule has 1 heteroatoms. The summed E-state index contributed by atoms with van der Waals surface area (Å²) in [5, 5.41) is 0. The molecule has 0 spiro atoms. The van der Waals surface area contributed by atoms with E-state index in [1.807, 2.05) is 0 Å². The minimum Gasteiger partial charge on any atom is -1.00 e. The van der Waals surface area contributed by atoms with Crippen LogP contribution in [0.1, 0.15) is 36.0 Å². The predicted molar refractivity (Wildman–Crippen MR) is 42.3 cm³/mol.